The lowest BCUT2D eigenvalue weighted by atomic mass is 9.91. The monoisotopic (exact) mass is 870 g/mol. The van der Waals surface area contributed by atoms with E-state index in [-0.39, 0.29) is 24.6 Å². The van der Waals surface area contributed by atoms with Gasteiger partial charge in [0.25, 0.3) is 0 Å². The molecule has 1 fully saturated rings. The van der Waals surface area contributed by atoms with Gasteiger partial charge in [0.2, 0.25) is 12.0 Å². The molecule has 0 spiro atoms. The van der Waals surface area contributed by atoms with Crippen LogP contribution in [0.3, 0.4) is 0 Å². The van der Waals surface area contributed by atoms with Gasteiger partial charge in [0.1, 0.15) is 31.3 Å². The summed E-state index contributed by atoms with van der Waals surface area (Å²) in [6.45, 7) is 5.65. The van der Waals surface area contributed by atoms with Crippen LogP contribution in [0.15, 0.2) is 97.3 Å². The number of nitrogens with zero attached hydrogens (tertiary/aromatic N) is 6. The van der Waals surface area contributed by atoms with Crippen molar-refractivity contribution in [2.45, 2.75) is 38.8 Å². The number of benzene rings is 4. The van der Waals surface area contributed by atoms with Crippen LogP contribution in [0, 0.1) is 6.92 Å². The Bertz CT molecular complexity index is 2680. The van der Waals surface area contributed by atoms with Crippen LogP contribution in [0.5, 0.6) is 17.4 Å². The highest BCUT2D eigenvalue weighted by Gasteiger charge is 2.30. The van der Waals surface area contributed by atoms with Crippen LogP contribution in [-0.4, -0.2) is 98.7 Å². The predicted octanol–water partition coefficient (Wildman–Crippen LogP) is 9.18. The summed E-state index contributed by atoms with van der Waals surface area (Å²) in [4.78, 5) is 22.7. The number of halogens is 4. The molecule has 0 saturated carbocycles. The molecule has 61 heavy (non-hydrogen) atoms. The number of para-hydroxylation sites is 1. The topological polar surface area (TPSA) is 115 Å². The second-order valence-corrected chi connectivity index (χ2v) is 16.1. The standard InChI is InChI=1S/C45H42ClF3N6O5S/c1-28-32(14-15-36(41(28)46)58-23-22-54-20-18-53(2)19-21-54)39-40-38(25-50-42(39)34-12-7-10-29-8-3-5-11-33(29)34)61-52-43(40)60-37(44(56)57)24-30-9-4-6-13-35(30)59-26-31-16-17-51-55(31)27-45(47,48)49/h3-17,25,37H,18-24,26-27H2,1-2H3,(H,56,57). The van der Waals surface area contributed by atoms with Gasteiger partial charge >= 0.3 is 12.1 Å². The maximum absolute atomic E-state index is 13.2. The number of piperazine rings is 1. The molecule has 7 aromatic rings. The molecule has 3 aromatic heterocycles. The molecule has 11 nitrogen and oxygen atoms in total. The summed E-state index contributed by atoms with van der Waals surface area (Å²) >= 11 is 8.25. The summed E-state index contributed by atoms with van der Waals surface area (Å²) in [7, 11) is 2.12. The quantitative estimate of drug-likeness (QED) is 0.107. The molecule has 1 atom stereocenters. The van der Waals surface area contributed by atoms with Gasteiger partial charge in [-0.05, 0) is 71.2 Å². The Kier molecular flexibility index (Phi) is 12.4. The SMILES string of the molecule is Cc1c(-c2c(-c3cccc4ccccc34)ncc3snc(OC(Cc4ccccc4OCc4ccnn4CC(F)(F)F)C(=O)O)c23)ccc(OCCN2CCN(C)CC2)c1Cl. The number of carboxylic acid groups (broad SMARTS) is 1. The first-order chi connectivity index (χ1) is 29.4. The number of carboxylic acids is 1. The van der Waals surface area contributed by atoms with Crippen LogP contribution in [-0.2, 0) is 24.4 Å². The Morgan fingerprint density at radius 2 is 1.70 bits per heavy atom. The number of aliphatic carboxylic acids is 1. The van der Waals surface area contributed by atoms with E-state index in [2.05, 4.69) is 26.3 Å². The molecule has 0 radical (unpaired) electrons. The van der Waals surface area contributed by atoms with Gasteiger partial charge in [-0.1, -0.05) is 78.3 Å². The van der Waals surface area contributed by atoms with Crippen LogP contribution in [0.2, 0.25) is 5.02 Å². The highest BCUT2D eigenvalue weighted by atomic mass is 35.5. The van der Waals surface area contributed by atoms with Crippen molar-refractivity contribution in [2.75, 3.05) is 46.4 Å². The molecule has 16 heteroatoms. The first kappa shape index (κ1) is 42.0. The first-order valence-corrected chi connectivity index (χ1v) is 20.9. The summed E-state index contributed by atoms with van der Waals surface area (Å²) in [5.74, 6) is -0.301. The highest BCUT2D eigenvalue weighted by Crippen LogP contribution is 2.47. The first-order valence-electron chi connectivity index (χ1n) is 19.7. The van der Waals surface area contributed by atoms with Crippen molar-refractivity contribution < 1.29 is 37.3 Å². The Morgan fingerprint density at radius 3 is 2.51 bits per heavy atom. The summed E-state index contributed by atoms with van der Waals surface area (Å²) in [5, 5.41) is 17.4. The van der Waals surface area contributed by atoms with E-state index >= 15 is 0 Å². The van der Waals surface area contributed by atoms with Gasteiger partial charge in [0.15, 0.2) is 0 Å². The number of pyridine rings is 1. The Hall–Kier alpha value is -5.74. The van der Waals surface area contributed by atoms with Crippen LogP contribution in [0.1, 0.15) is 16.8 Å². The summed E-state index contributed by atoms with van der Waals surface area (Å²) in [6.07, 6.45) is -3.06. The van der Waals surface area contributed by atoms with Crippen molar-refractivity contribution in [3.05, 3.63) is 119 Å². The van der Waals surface area contributed by atoms with Crippen LogP contribution in [0.25, 0.3) is 43.2 Å². The lowest BCUT2D eigenvalue weighted by molar-refractivity contribution is -0.145. The summed E-state index contributed by atoms with van der Waals surface area (Å²) < 4.78 is 64.2. The molecule has 1 unspecified atom stereocenters. The van der Waals surface area contributed by atoms with Crippen LogP contribution >= 0.6 is 23.1 Å². The minimum Gasteiger partial charge on any atom is -0.491 e. The third-order valence-corrected chi connectivity index (χ3v) is 12.1. The highest BCUT2D eigenvalue weighted by molar-refractivity contribution is 7.13. The second-order valence-electron chi connectivity index (χ2n) is 14.9. The number of alkyl halides is 3. The zero-order chi connectivity index (χ0) is 42.7. The van der Waals surface area contributed by atoms with Crippen LogP contribution in [0.4, 0.5) is 13.2 Å². The van der Waals surface area contributed by atoms with Gasteiger partial charge in [0.05, 0.1) is 26.5 Å². The molecule has 4 heterocycles. The van der Waals surface area contributed by atoms with E-state index in [0.29, 0.717) is 50.0 Å². The van der Waals surface area contributed by atoms with Crippen molar-refractivity contribution >= 4 is 50.0 Å². The largest absolute Gasteiger partial charge is 0.491 e. The average Bonchev–Trinajstić information content (AvgIpc) is 3.87. The molecule has 0 amide bonds. The maximum Gasteiger partial charge on any atom is 0.408 e. The van der Waals surface area contributed by atoms with E-state index in [0.717, 1.165) is 76.4 Å². The van der Waals surface area contributed by atoms with E-state index in [1.807, 2.05) is 61.5 Å². The summed E-state index contributed by atoms with van der Waals surface area (Å²) in [6, 6.07) is 26.0. The predicted molar refractivity (Wildman–Crippen MR) is 230 cm³/mol. The van der Waals surface area contributed by atoms with Crippen molar-refractivity contribution in [3.63, 3.8) is 0 Å². The molecule has 4 aromatic carbocycles. The van der Waals surface area contributed by atoms with Gasteiger partial charge < -0.3 is 24.2 Å². The number of aromatic nitrogens is 4. The third kappa shape index (κ3) is 9.44. The number of likely N-dealkylation sites (N-methyl/N-ethyl adjacent to an activating group) is 1. The fourth-order valence-electron chi connectivity index (χ4n) is 7.56. The van der Waals surface area contributed by atoms with Crippen molar-refractivity contribution in [3.8, 4) is 39.8 Å². The number of hydrogen-bond acceptors (Lipinski definition) is 10. The van der Waals surface area contributed by atoms with E-state index in [4.69, 9.17) is 30.8 Å². The molecule has 1 aliphatic heterocycles. The minimum absolute atomic E-state index is 0.101. The number of hydrogen-bond donors (Lipinski definition) is 1. The van der Waals surface area contributed by atoms with E-state index in [1.165, 1.54) is 12.3 Å². The zero-order valence-corrected chi connectivity index (χ0v) is 34.9. The minimum atomic E-state index is -4.47. The molecule has 316 valence electrons. The van der Waals surface area contributed by atoms with Crippen LogP contribution < -0.4 is 14.2 Å². The molecule has 0 aliphatic carbocycles. The summed E-state index contributed by atoms with van der Waals surface area (Å²) in [5.41, 5.74) is 4.32. The van der Waals surface area contributed by atoms with Gasteiger partial charge in [-0.2, -0.15) is 22.6 Å². The fourth-order valence-corrected chi connectivity index (χ4v) is 8.48. The molecule has 1 saturated heterocycles. The molecule has 8 rings (SSSR count). The van der Waals surface area contributed by atoms with Gasteiger partial charge in [-0.15, -0.1) is 0 Å². The normalized spacial score (nSPS) is 14.4. The van der Waals surface area contributed by atoms with Crippen molar-refractivity contribution in [2.24, 2.45) is 0 Å². The Labute approximate surface area is 359 Å². The average molecular weight is 871 g/mol. The zero-order valence-electron chi connectivity index (χ0n) is 33.4. The third-order valence-electron chi connectivity index (χ3n) is 10.8. The van der Waals surface area contributed by atoms with Crippen molar-refractivity contribution in [1.29, 1.82) is 0 Å². The van der Waals surface area contributed by atoms with E-state index in [1.54, 1.807) is 30.5 Å². The Balaban J connectivity index is 1.14. The van der Waals surface area contributed by atoms with E-state index in [9.17, 15) is 23.1 Å². The molecular formula is C45H42ClF3N6O5S. The van der Waals surface area contributed by atoms with E-state index < -0.39 is 24.8 Å². The molecule has 0 bridgehead atoms. The van der Waals surface area contributed by atoms with Gasteiger partial charge in [0, 0.05) is 62.7 Å². The van der Waals surface area contributed by atoms with Gasteiger partial charge in [-0.25, -0.2) is 4.79 Å². The second kappa shape index (κ2) is 18.1. The molecular weight excluding hydrogens is 829 g/mol. The molecule has 1 aliphatic rings. The van der Waals surface area contributed by atoms with Gasteiger partial charge in [-0.3, -0.25) is 14.6 Å². The molecule has 1 N–H and O–H groups in total. The number of carbonyl (C=O) groups is 1. The number of rotatable bonds is 15. The fraction of sp³-hybridized carbons (Fsp3) is 0.289. The number of ether oxygens (including phenoxy) is 3. The maximum atomic E-state index is 13.2. The number of fused-ring (bicyclic) bond motifs is 2. The Morgan fingerprint density at radius 1 is 0.934 bits per heavy atom. The lowest BCUT2D eigenvalue weighted by Crippen LogP contribution is -2.45. The lowest BCUT2D eigenvalue weighted by Gasteiger charge is -2.32. The smallest absolute Gasteiger partial charge is 0.408 e. The van der Waals surface area contributed by atoms with Crippen molar-refractivity contribution in [1.82, 2.24) is 28.9 Å².